The summed E-state index contributed by atoms with van der Waals surface area (Å²) in [6.45, 7) is 0. The molecular formula is C20H15F2N5OS3. The molecule has 31 heavy (non-hydrogen) atoms. The van der Waals surface area contributed by atoms with Gasteiger partial charge in [0.2, 0.25) is 5.91 Å². The number of benzene rings is 1. The van der Waals surface area contributed by atoms with E-state index in [9.17, 15) is 13.6 Å². The summed E-state index contributed by atoms with van der Waals surface area (Å²) in [7, 11) is 0. The summed E-state index contributed by atoms with van der Waals surface area (Å²) in [5, 5.41) is 15.9. The number of rotatable bonds is 7. The lowest BCUT2D eigenvalue weighted by molar-refractivity contribution is -0.113. The minimum absolute atomic E-state index is 0.0600. The summed E-state index contributed by atoms with van der Waals surface area (Å²) in [6, 6.07) is 7.55. The Morgan fingerprint density at radius 1 is 1.23 bits per heavy atom. The number of hydrogen-bond donors (Lipinski definition) is 1. The molecule has 158 valence electrons. The Balaban J connectivity index is 1.25. The molecule has 0 bridgehead atoms. The van der Waals surface area contributed by atoms with Crippen LogP contribution >= 0.6 is 34.4 Å². The second-order valence-corrected chi connectivity index (χ2v) is 9.63. The van der Waals surface area contributed by atoms with Crippen LogP contribution in [-0.4, -0.2) is 31.4 Å². The Bertz CT molecular complexity index is 1230. The van der Waals surface area contributed by atoms with E-state index in [1.807, 2.05) is 17.5 Å². The molecule has 0 spiro atoms. The van der Waals surface area contributed by atoms with Gasteiger partial charge in [-0.15, -0.1) is 32.9 Å². The Hall–Kier alpha value is -2.63. The fourth-order valence-corrected chi connectivity index (χ4v) is 5.28. The molecule has 1 N–H and O–H groups in total. The van der Waals surface area contributed by atoms with Crippen molar-refractivity contribution in [3.05, 3.63) is 52.7 Å². The number of nitrogens with zero attached hydrogens (tertiary/aromatic N) is 4. The van der Waals surface area contributed by atoms with Gasteiger partial charge in [-0.2, -0.15) is 0 Å². The first kappa shape index (κ1) is 20.3. The van der Waals surface area contributed by atoms with Crippen molar-refractivity contribution in [1.29, 1.82) is 0 Å². The molecule has 0 saturated heterocycles. The molecule has 1 saturated carbocycles. The van der Waals surface area contributed by atoms with E-state index in [-0.39, 0.29) is 22.9 Å². The van der Waals surface area contributed by atoms with Crippen LogP contribution < -0.4 is 5.32 Å². The highest BCUT2D eigenvalue weighted by molar-refractivity contribution is 7.99. The number of carbonyl (C=O) groups excluding carboxylic acids is 1. The topological polar surface area (TPSA) is 72.7 Å². The van der Waals surface area contributed by atoms with Gasteiger partial charge in [-0.05, 0) is 42.5 Å². The number of halogens is 2. The Morgan fingerprint density at radius 3 is 2.87 bits per heavy atom. The fraction of sp³-hybridized carbons (Fsp3) is 0.200. The minimum Gasteiger partial charge on any atom is -0.301 e. The first-order valence-electron chi connectivity index (χ1n) is 9.41. The predicted molar refractivity (Wildman–Crippen MR) is 118 cm³/mol. The van der Waals surface area contributed by atoms with Crippen LogP contribution in [0.1, 0.15) is 18.9 Å². The molecule has 1 aliphatic rings. The number of nitrogens with one attached hydrogen (secondary N) is 1. The van der Waals surface area contributed by atoms with Gasteiger partial charge < -0.3 is 5.32 Å². The Kier molecular flexibility index (Phi) is 5.55. The number of aromatic nitrogens is 4. The molecule has 1 aliphatic carbocycles. The molecule has 1 aromatic carbocycles. The number of thioether (sulfide) groups is 1. The maximum absolute atomic E-state index is 13.9. The van der Waals surface area contributed by atoms with Crippen LogP contribution in [-0.2, 0) is 4.79 Å². The quantitative estimate of drug-likeness (QED) is 0.359. The lowest BCUT2D eigenvalue weighted by Gasteiger charge is -2.07. The van der Waals surface area contributed by atoms with E-state index >= 15 is 0 Å². The highest BCUT2D eigenvalue weighted by Crippen LogP contribution is 2.41. The Labute approximate surface area is 188 Å². The molecule has 0 atom stereocenters. The standard InChI is InChI=1S/C20H15F2N5OS3/c21-11-3-6-14(22)13(8-11)15-9-30-19(23-15)24-17(28)10-31-20-26-25-18(16-2-1-7-29-16)27(20)12-4-5-12/h1-3,6-9,12H,4-5,10H2,(H,23,24,28). The highest BCUT2D eigenvalue weighted by Gasteiger charge is 2.30. The molecule has 0 unspecified atom stereocenters. The van der Waals surface area contributed by atoms with E-state index in [0.29, 0.717) is 16.3 Å². The third kappa shape index (κ3) is 4.39. The van der Waals surface area contributed by atoms with Crippen molar-refractivity contribution in [3.8, 4) is 22.0 Å². The first-order valence-corrected chi connectivity index (χ1v) is 12.2. The van der Waals surface area contributed by atoms with E-state index in [1.165, 1.54) is 11.8 Å². The van der Waals surface area contributed by atoms with Gasteiger partial charge >= 0.3 is 0 Å². The molecule has 1 fully saturated rings. The summed E-state index contributed by atoms with van der Waals surface area (Å²) in [5.41, 5.74) is 0.337. The highest BCUT2D eigenvalue weighted by atomic mass is 32.2. The molecule has 0 radical (unpaired) electrons. The summed E-state index contributed by atoms with van der Waals surface area (Å²) in [5.74, 6) is -0.400. The van der Waals surface area contributed by atoms with Crippen molar-refractivity contribution in [2.24, 2.45) is 0 Å². The third-order valence-electron chi connectivity index (χ3n) is 4.61. The van der Waals surface area contributed by atoms with Crippen molar-refractivity contribution in [2.75, 3.05) is 11.1 Å². The largest absolute Gasteiger partial charge is 0.301 e. The number of carbonyl (C=O) groups is 1. The summed E-state index contributed by atoms with van der Waals surface area (Å²) < 4.78 is 29.5. The average molecular weight is 476 g/mol. The van der Waals surface area contributed by atoms with Crippen LogP contribution in [0.15, 0.2) is 46.2 Å². The lowest BCUT2D eigenvalue weighted by atomic mass is 10.1. The first-order chi connectivity index (χ1) is 15.1. The second-order valence-electron chi connectivity index (χ2n) is 6.88. The van der Waals surface area contributed by atoms with Gasteiger partial charge in [-0.25, -0.2) is 13.8 Å². The van der Waals surface area contributed by atoms with E-state index in [0.717, 1.165) is 53.1 Å². The van der Waals surface area contributed by atoms with Crippen molar-refractivity contribution in [1.82, 2.24) is 19.7 Å². The molecule has 3 heterocycles. The number of thiazole rings is 1. The van der Waals surface area contributed by atoms with Crippen LogP contribution in [0.2, 0.25) is 0 Å². The monoisotopic (exact) mass is 475 g/mol. The molecular weight excluding hydrogens is 460 g/mol. The van der Waals surface area contributed by atoms with Crippen LogP contribution in [0.3, 0.4) is 0 Å². The van der Waals surface area contributed by atoms with Gasteiger partial charge in [0.05, 0.1) is 16.3 Å². The van der Waals surface area contributed by atoms with Gasteiger partial charge in [0, 0.05) is 17.0 Å². The zero-order valence-corrected chi connectivity index (χ0v) is 18.4. The zero-order chi connectivity index (χ0) is 21.4. The van der Waals surface area contributed by atoms with Crippen molar-refractivity contribution < 1.29 is 13.6 Å². The number of thiophene rings is 1. The molecule has 0 aliphatic heterocycles. The third-order valence-corrected chi connectivity index (χ3v) is 7.17. The van der Waals surface area contributed by atoms with Gasteiger partial charge in [0.1, 0.15) is 11.6 Å². The number of anilines is 1. The van der Waals surface area contributed by atoms with Crippen molar-refractivity contribution in [2.45, 2.75) is 24.0 Å². The summed E-state index contributed by atoms with van der Waals surface area (Å²) in [4.78, 5) is 17.7. The van der Waals surface area contributed by atoms with Gasteiger partial charge in [-0.3, -0.25) is 9.36 Å². The molecule has 1 amide bonds. The van der Waals surface area contributed by atoms with Crippen molar-refractivity contribution in [3.63, 3.8) is 0 Å². The summed E-state index contributed by atoms with van der Waals surface area (Å²) >= 11 is 4.08. The van der Waals surface area contributed by atoms with Crippen LogP contribution in [0.5, 0.6) is 0 Å². The average Bonchev–Trinajstić information content (AvgIpc) is 3.14. The normalized spacial score (nSPS) is 13.5. The van der Waals surface area contributed by atoms with E-state index < -0.39 is 11.6 Å². The molecule has 6 nitrogen and oxygen atoms in total. The summed E-state index contributed by atoms with van der Waals surface area (Å²) in [6.07, 6.45) is 2.16. The van der Waals surface area contributed by atoms with Gasteiger partial charge in [-0.1, -0.05) is 17.8 Å². The van der Waals surface area contributed by atoms with Crippen LogP contribution in [0, 0.1) is 11.6 Å². The molecule has 4 aromatic rings. The zero-order valence-electron chi connectivity index (χ0n) is 15.9. The van der Waals surface area contributed by atoms with Crippen LogP contribution in [0.4, 0.5) is 13.9 Å². The van der Waals surface area contributed by atoms with Gasteiger partial charge in [0.25, 0.3) is 0 Å². The van der Waals surface area contributed by atoms with Crippen LogP contribution in [0.25, 0.3) is 22.0 Å². The lowest BCUT2D eigenvalue weighted by Crippen LogP contribution is -2.14. The fourth-order valence-electron chi connectivity index (χ4n) is 3.05. The van der Waals surface area contributed by atoms with Crippen molar-refractivity contribution >= 4 is 45.5 Å². The predicted octanol–water partition coefficient (Wildman–Crippen LogP) is 5.47. The smallest absolute Gasteiger partial charge is 0.236 e. The molecule has 5 rings (SSSR count). The van der Waals surface area contributed by atoms with E-state index in [1.54, 1.807) is 16.7 Å². The minimum atomic E-state index is -0.568. The number of hydrogen-bond acceptors (Lipinski definition) is 7. The molecule has 11 heteroatoms. The second kappa shape index (κ2) is 8.48. The Morgan fingerprint density at radius 2 is 2.10 bits per heavy atom. The maximum atomic E-state index is 13.9. The maximum Gasteiger partial charge on any atom is 0.236 e. The molecule has 3 aromatic heterocycles. The van der Waals surface area contributed by atoms with E-state index in [2.05, 4.69) is 25.1 Å². The van der Waals surface area contributed by atoms with Gasteiger partial charge in [0.15, 0.2) is 16.1 Å². The number of amides is 1. The van der Waals surface area contributed by atoms with E-state index in [4.69, 9.17) is 0 Å². The SMILES string of the molecule is O=C(CSc1nnc(-c2cccs2)n1C1CC1)Nc1nc(-c2cc(F)ccc2F)cs1.